The number of amides is 3. The number of rotatable bonds is 8. The van der Waals surface area contributed by atoms with E-state index in [1.807, 2.05) is 0 Å². The molecule has 0 saturated heterocycles. The third kappa shape index (κ3) is 7.37. The Morgan fingerprint density at radius 3 is 2.45 bits per heavy atom. The van der Waals surface area contributed by atoms with E-state index in [9.17, 15) is 18.4 Å². The number of carbonyl (C=O) groups excluding carboxylic acids is 2. The minimum atomic E-state index is -1.06. The molecule has 0 bridgehead atoms. The molecule has 7 heteroatoms. The normalized spacial score (nSPS) is 11.1. The van der Waals surface area contributed by atoms with Crippen molar-refractivity contribution in [3.05, 3.63) is 42.0 Å². The Labute approximate surface area is 127 Å². The quantitative estimate of drug-likeness (QED) is 0.509. The van der Waals surface area contributed by atoms with Crippen LogP contribution in [-0.2, 0) is 4.79 Å². The molecular weight excluding hydrogens is 292 g/mol. The largest absolute Gasteiger partial charge is 0.364 e. The summed E-state index contributed by atoms with van der Waals surface area (Å²) in [6.45, 7) is 0.467. The van der Waals surface area contributed by atoms with E-state index >= 15 is 0 Å². The molecule has 0 radical (unpaired) electrons. The Hall–Kier alpha value is -2.44. The summed E-state index contributed by atoms with van der Waals surface area (Å²) in [6.07, 6.45) is 3.79. The molecule has 1 aromatic rings. The lowest BCUT2D eigenvalue weighted by atomic mass is 10.2. The van der Waals surface area contributed by atoms with Gasteiger partial charge in [-0.1, -0.05) is 6.42 Å². The second-order valence-electron chi connectivity index (χ2n) is 4.65. The van der Waals surface area contributed by atoms with Crippen LogP contribution in [0.2, 0.25) is 0 Å². The predicted octanol–water partition coefficient (Wildman–Crippen LogP) is 2.85. The Bertz CT molecular complexity index is 530. The number of nitrogens with two attached hydrogens (primary N) is 1. The van der Waals surface area contributed by atoms with E-state index in [1.54, 1.807) is 0 Å². The highest BCUT2D eigenvalue weighted by molar-refractivity contribution is 5.89. The topological polar surface area (TPSA) is 84.2 Å². The molecule has 5 nitrogen and oxygen atoms in total. The molecule has 0 fully saturated rings. The van der Waals surface area contributed by atoms with Crippen molar-refractivity contribution in [2.75, 3.05) is 11.9 Å². The molecule has 1 aromatic carbocycles. The van der Waals surface area contributed by atoms with Gasteiger partial charge in [0.15, 0.2) is 5.83 Å². The van der Waals surface area contributed by atoms with Crippen LogP contribution in [0.5, 0.6) is 0 Å². The Balaban J connectivity index is 2.09. The number of nitrogens with one attached hydrogen (secondary N) is 2. The molecule has 4 N–H and O–H groups in total. The summed E-state index contributed by atoms with van der Waals surface area (Å²) in [7, 11) is 0. The van der Waals surface area contributed by atoms with Crippen LogP contribution >= 0.6 is 0 Å². The molecule has 0 spiro atoms. The standard InChI is InChI=1S/C15H19F2N3O2/c16-11-6-8-12(9-7-11)20-15(22)19-10-4-2-1-3-5-13(17)14(18)21/h5-9H,1-4,10H2,(H2,18,21)(H2,19,20,22). The minimum absolute atomic E-state index is 0.368. The van der Waals surface area contributed by atoms with Crippen molar-refractivity contribution < 1.29 is 18.4 Å². The maximum atomic E-state index is 12.7. The third-order valence-electron chi connectivity index (χ3n) is 2.83. The lowest BCUT2D eigenvalue weighted by Gasteiger charge is -2.07. The Kier molecular flexibility index (Phi) is 7.60. The van der Waals surface area contributed by atoms with Gasteiger partial charge in [0.05, 0.1) is 0 Å². The van der Waals surface area contributed by atoms with E-state index < -0.39 is 11.7 Å². The van der Waals surface area contributed by atoms with Crippen molar-refractivity contribution in [2.24, 2.45) is 5.73 Å². The number of anilines is 1. The summed E-state index contributed by atoms with van der Waals surface area (Å²) >= 11 is 0. The number of benzene rings is 1. The van der Waals surface area contributed by atoms with Gasteiger partial charge in [-0.15, -0.1) is 0 Å². The molecule has 0 aromatic heterocycles. The summed E-state index contributed by atoms with van der Waals surface area (Å²) in [4.78, 5) is 21.9. The monoisotopic (exact) mass is 311 g/mol. The zero-order valence-corrected chi connectivity index (χ0v) is 12.1. The average Bonchev–Trinajstić information content (AvgIpc) is 2.48. The Morgan fingerprint density at radius 1 is 1.14 bits per heavy atom. The van der Waals surface area contributed by atoms with Crippen LogP contribution < -0.4 is 16.4 Å². The van der Waals surface area contributed by atoms with Gasteiger partial charge in [0, 0.05) is 12.2 Å². The van der Waals surface area contributed by atoms with Crippen molar-refractivity contribution in [3.8, 4) is 0 Å². The summed E-state index contributed by atoms with van der Waals surface area (Å²) in [5.41, 5.74) is 5.25. The smallest absolute Gasteiger partial charge is 0.319 e. The van der Waals surface area contributed by atoms with Crippen molar-refractivity contribution in [3.63, 3.8) is 0 Å². The van der Waals surface area contributed by atoms with Crippen molar-refractivity contribution in [1.82, 2.24) is 5.32 Å². The number of primary amides is 1. The number of hydrogen-bond donors (Lipinski definition) is 3. The molecule has 0 heterocycles. The van der Waals surface area contributed by atoms with Crippen LogP contribution in [0.4, 0.5) is 19.3 Å². The average molecular weight is 311 g/mol. The van der Waals surface area contributed by atoms with E-state index in [2.05, 4.69) is 10.6 Å². The van der Waals surface area contributed by atoms with Crippen molar-refractivity contribution in [1.29, 1.82) is 0 Å². The maximum absolute atomic E-state index is 12.7. The second-order valence-corrected chi connectivity index (χ2v) is 4.65. The van der Waals surface area contributed by atoms with Gasteiger partial charge in [0.1, 0.15) is 5.82 Å². The van der Waals surface area contributed by atoms with Gasteiger partial charge >= 0.3 is 6.03 Å². The first kappa shape index (κ1) is 17.6. The molecule has 120 valence electrons. The van der Waals surface area contributed by atoms with Crippen LogP contribution in [0, 0.1) is 5.82 Å². The highest BCUT2D eigenvalue weighted by atomic mass is 19.1. The van der Waals surface area contributed by atoms with Crippen LogP contribution in [-0.4, -0.2) is 18.5 Å². The molecule has 22 heavy (non-hydrogen) atoms. The molecule has 3 amide bonds. The van der Waals surface area contributed by atoms with E-state index in [0.717, 1.165) is 18.9 Å². The zero-order chi connectivity index (χ0) is 16.4. The molecule has 1 rings (SSSR count). The molecule has 0 aliphatic heterocycles. The predicted molar refractivity (Wildman–Crippen MR) is 80.3 cm³/mol. The number of unbranched alkanes of at least 4 members (excludes halogenated alkanes) is 3. The number of halogens is 2. The fourth-order valence-corrected chi connectivity index (χ4v) is 1.69. The maximum Gasteiger partial charge on any atom is 0.319 e. The van der Waals surface area contributed by atoms with Crippen molar-refractivity contribution in [2.45, 2.75) is 25.7 Å². The highest BCUT2D eigenvalue weighted by Gasteiger charge is 2.02. The number of allylic oxidation sites excluding steroid dienone is 1. The molecule has 0 aliphatic carbocycles. The first-order valence-electron chi connectivity index (χ1n) is 6.95. The zero-order valence-electron chi connectivity index (χ0n) is 12.1. The lowest BCUT2D eigenvalue weighted by Crippen LogP contribution is -2.29. The van der Waals surface area contributed by atoms with Crippen LogP contribution in [0.3, 0.4) is 0 Å². The van der Waals surface area contributed by atoms with Gasteiger partial charge in [-0.2, -0.15) is 0 Å². The fraction of sp³-hybridized carbons (Fsp3) is 0.333. The van der Waals surface area contributed by atoms with Gasteiger partial charge in [0.2, 0.25) is 0 Å². The fourth-order valence-electron chi connectivity index (χ4n) is 1.69. The molecule has 0 saturated carbocycles. The SMILES string of the molecule is NC(=O)C(F)=CCCCCCNC(=O)Nc1ccc(F)cc1. The molecule has 0 aliphatic rings. The van der Waals surface area contributed by atoms with Gasteiger partial charge < -0.3 is 16.4 Å². The second kappa shape index (κ2) is 9.49. The number of urea groups is 1. The summed E-state index contributed by atoms with van der Waals surface area (Å²) < 4.78 is 25.4. The Morgan fingerprint density at radius 2 is 1.82 bits per heavy atom. The molecule has 0 unspecified atom stereocenters. The van der Waals surface area contributed by atoms with Crippen LogP contribution in [0.15, 0.2) is 36.2 Å². The van der Waals surface area contributed by atoms with Crippen LogP contribution in [0.25, 0.3) is 0 Å². The summed E-state index contributed by atoms with van der Waals surface area (Å²) in [5, 5.41) is 5.23. The van der Waals surface area contributed by atoms with Gasteiger partial charge in [-0.25, -0.2) is 13.6 Å². The first-order chi connectivity index (χ1) is 10.5. The molecule has 0 atom stereocenters. The van der Waals surface area contributed by atoms with E-state index in [0.29, 0.717) is 25.1 Å². The number of carbonyl (C=O) groups is 2. The van der Waals surface area contributed by atoms with Gasteiger partial charge in [0.25, 0.3) is 5.91 Å². The highest BCUT2D eigenvalue weighted by Crippen LogP contribution is 2.08. The van der Waals surface area contributed by atoms with Gasteiger partial charge in [-0.3, -0.25) is 4.79 Å². The first-order valence-corrected chi connectivity index (χ1v) is 6.95. The lowest BCUT2D eigenvalue weighted by molar-refractivity contribution is -0.115. The van der Waals surface area contributed by atoms with Crippen molar-refractivity contribution >= 4 is 17.6 Å². The minimum Gasteiger partial charge on any atom is -0.364 e. The molecular formula is C15H19F2N3O2. The van der Waals surface area contributed by atoms with E-state index in [1.165, 1.54) is 24.3 Å². The summed E-state index contributed by atoms with van der Waals surface area (Å²) in [6, 6.07) is 5.08. The summed E-state index contributed by atoms with van der Waals surface area (Å²) in [5.74, 6) is -2.34. The number of hydrogen-bond acceptors (Lipinski definition) is 2. The van der Waals surface area contributed by atoms with E-state index in [4.69, 9.17) is 5.73 Å². The van der Waals surface area contributed by atoms with Gasteiger partial charge in [-0.05, 0) is 49.6 Å². The third-order valence-corrected chi connectivity index (χ3v) is 2.83. The van der Waals surface area contributed by atoms with Crippen LogP contribution in [0.1, 0.15) is 25.7 Å². The van der Waals surface area contributed by atoms with E-state index in [-0.39, 0.29) is 11.8 Å².